The van der Waals surface area contributed by atoms with Crippen LogP contribution >= 0.6 is 0 Å². The highest BCUT2D eigenvalue weighted by atomic mass is 16.5. The van der Waals surface area contributed by atoms with Gasteiger partial charge in [-0.2, -0.15) is 5.26 Å². The average Bonchev–Trinajstić information content (AvgIpc) is 3.26. The average molecular weight is 470 g/mol. The second-order valence-electron chi connectivity index (χ2n) is 7.44. The van der Waals surface area contributed by atoms with Gasteiger partial charge in [-0.25, -0.2) is 4.79 Å². The van der Waals surface area contributed by atoms with Crippen molar-refractivity contribution in [1.29, 1.82) is 5.26 Å². The van der Waals surface area contributed by atoms with Crippen LogP contribution in [0.3, 0.4) is 0 Å². The van der Waals surface area contributed by atoms with Crippen molar-refractivity contribution in [1.82, 2.24) is 5.16 Å². The van der Waals surface area contributed by atoms with Gasteiger partial charge in [0.1, 0.15) is 5.75 Å². The number of carbonyl (C=O) groups is 3. The summed E-state index contributed by atoms with van der Waals surface area (Å²) in [6.45, 7) is 1.36. The molecule has 0 saturated heterocycles. The van der Waals surface area contributed by atoms with Crippen LogP contribution in [0.1, 0.15) is 33.3 Å². The normalized spacial score (nSPS) is 10.4. The molecule has 4 aromatic rings. The van der Waals surface area contributed by atoms with Gasteiger partial charge in [0.25, 0.3) is 5.91 Å². The van der Waals surface area contributed by atoms with E-state index < -0.39 is 11.9 Å². The van der Waals surface area contributed by atoms with E-state index in [2.05, 4.69) is 15.8 Å². The highest BCUT2D eigenvalue weighted by molar-refractivity contribution is 6.14. The van der Waals surface area contributed by atoms with Gasteiger partial charge in [-0.3, -0.25) is 9.59 Å². The molecule has 0 aliphatic rings. The molecule has 3 N–H and O–H groups in total. The van der Waals surface area contributed by atoms with Gasteiger partial charge >= 0.3 is 5.97 Å². The summed E-state index contributed by atoms with van der Waals surface area (Å²) < 4.78 is 10.8. The van der Waals surface area contributed by atoms with Crippen LogP contribution in [0.25, 0.3) is 22.1 Å². The van der Waals surface area contributed by atoms with Crippen LogP contribution in [-0.2, 0) is 4.79 Å². The lowest BCUT2D eigenvalue weighted by atomic mass is 10.00. The Morgan fingerprint density at radius 3 is 2.49 bits per heavy atom. The van der Waals surface area contributed by atoms with Gasteiger partial charge in [-0.15, -0.1) is 0 Å². The molecule has 0 saturated carbocycles. The Labute approximate surface area is 198 Å². The number of nitrogens with zero attached hydrogens (tertiary/aromatic N) is 2. The number of hydrogen-bond acceptors (Lipinski definition) is 7. The van der Waals surface area contributed by atoms with Crippen LogP contribution in [0.2, 0.25) is 0 Å². The number of methoxy groups -OCH3 is 1. The zero-order valence-electron chi connectivity index (χ0n) is 18.6. The van der Waals surface area contributed by atoms with Crippen molar-refractivity contribution in [3.63, 3.8) is 0 Å². The summed E-state index contributed by atoms with van der Waals surface area (Å²) in [4.78, 5) is 36.5. The van der Waals surface area contributed by atoms with E-state index >= 15 is 0 Å². The van der Waals surface area contributed by atoms with Gasteiger partial charge in [-0.1, -0.05) is 23.4 Å². The molecule has 10 heteroatoms. The van der Waals surface area contributed by atoms with Gasteiger partial charge in [0, 0.05) is 23.7 Å². The first-order valence-electron chi connectivity index (χ1n) is 10.3. The fourth-order valence-electron chi connectivity index (χ4n) is 3.61. The standard InChI is InChI=1S/C25H18N4O6/c1-13(30)27-20-10-18-22(11-16(20)15-5-3-4-6-21(15)34-2)35-29-23(18)24(31)28-19-8-7-14(12-26)9-17(19)25(32)33/h3-11H,1-2H3,(H,27,30)(H,28,31)(H,32,33). The minimum Gasteiger partial charge on any atom is -0.496 e. The van der Waals surface area contributed by atoms with Gasteiger partial charge in [0.05, 0.1) is 35.4 Å². The lowest BCUT2D eigenvalue weighted by Gasteiger charge is -2.13. The number of anilines is 2. The number of amides is 2. The number of rotatable bonds is 6. The molecule has 0 aliphatic heterocycles. The van der Waals surface area contributed by atoms with E-state index in [1.165, 1.54) is 26.2 Å². The summed E-state index contributed by atoms with van der Waals surface area (Å²) >= 11 is 0. The fourth-order valence-corrected chi connectivity index (χ4v) is 3.61. The summed E-state index contributed by atoms with van der Waals surface area (Å²) in [5, 5.41) is 27.9. The second kappa shape index (κ2) is 9.36. The molecule has 35 heavy (non-hydrogen) atoms. The number of nitrogens with one attached hydrogen (secondary N) is 2. The molecule has 0 bridgehead atoms. The fraction of sp³-hybridized carbons (Fsp3) is 0.0800. The highest BCUT2D eigenvalue weighted by Gasteiger charge is 2.22. The van der Waals surface area contributed by atoms with Crippen molar-refractivity contribution in [2.24, 2.45) is 0 Å². The summed E-state index contributed by atoms with van der Waals surface area (Å²) in [5.41, 5.74) is 1.71. The third kappa shape index (κ3) is 4.51. The maximum Gasteiger partial charge on any atom is 0.337 e. The molecule has 0 spiro atoms. The van der Waals surface area contributed by atoms with Crippen molar-refractivity contribution in [2.45, 2.75) is 6.92 Å². The number of para-hydroxylation sites is 1. The number of benzene rings is 3. The summed E-state index contributed by atoms with van der Waals surface area (Å²) in [7, 11) is 1.53. The van der Waals surface area contributed by atoms with Crippen LogP contribution < -0.4 is 15.4 Å². The predicted octanol–water partition coefficient (Wildman–Crippen LogP) is 4.28. The molecular formula is C25H18N4O6. The number of ether oxygens (including phenoxy) is 1. The smallest absolute Gasteiger partial charge is 0.337 e. The van der Waals surface area contributed by atoms with E-state index in [0.717, 1.165) is 6.07 Å². The summed E-state index contributed by atoms with van der Waals surface area (Å²) in [6, 6.07) is 16.1. The Bertz CT molecular complexity index is 1530. The molecule has 10 nitrogen and oxygen atoms in total. The Hall–Kier alpha value is -5.17. The molecule has 4 rings (SSSR count). The van der Waals surface area contributed by atoms with Crippen molar-refractivity contribution in [2.75, 3.05) is 17.7 Å². The van der Waals surface area contributed by atoms with Crippen molar-refractivity contribution in [3.8, 4) is 22.9 Å². The molecule has 3 aromatic carbocycles. The number of hydrogen-bond donors (Lipinski definition) is 3. The summed E-state index contributed by atoms with van der Waals surface area (Å²) in [6.07, 6.45) is 0. The zero-order chi connectivity index (χ0) is 25.1. The van der Waals surface area contributed by atoms with Crippen molar-refractivity contribution in [3.05, 3.63) is 71.4 Å². The molecule has 1 heterocycles. The number of aromatic carboxylic acids is 1. The van der Waals surface area contributed by atoms with Crippen LogP contribution in [-0.4, -0.2) is 35.2 Å². The molecular weight excluding hydrogens is 452 g/mol. The Kier molecular flexibility index (Phi) is 6.16. The second-order valence-corrected chi connectivity index (χ2v) is 7.44. The first-order valence-corrected chi connectivity index (χ1v) is 10.3. The Morgan fingerprint density at radius 2 is 1.80 bits per heavy atom. The molecule has 1 aromatic heterocycles. The van der Waals surface area contributed by atoms with E-state index in [9.17, 15) is 19.5 Å². The lowest BCUT2D eigenvalue weighted by molar-refractivity contribution is -0.114. The highest BCUT2D eigenvalue weighted by Crippen LogP contribution is 2.38. The number of carboxylic acid groups (broad SMARTS) is 1. The van der Waals surface area contributed by atoms with Gasteiger partial charge < -0.3 is 25.0 Å². The molecule has 174 valence electrons. The Morgan fingerprint density at radius 1 is 1.03 bits per heavy atom. The Balaban J connectivity index is 1.79. The quantitative estimate of drug-likeness (QED) is 0.377. The van der Waals surface area contributed by atoms with Crippen LogP contribution in [0.5, 0.6) is 5.75 Å². The van der Waals surface area contributed by atoms with Gasteiger partial charge in [-0.05, 0) is 36.4 Å². The van der Waals surface area contributed by atoms with Gasteiger partial charge in [0.15, 0.2) is 11.3 Å². The van der Waals surface area contributed by atoms with Crippen LogP contribution in [0.4, 0.5) is 11.4 Å². The minimum atomic E-state index is -1.31. The van der Waals surface area contributed by atoms with Crippen LogP contribution in [0.15, 0.2) is 59.1 Å². The molecule has 0 atom stereocenters. The van der Waals surface area contributed by atoms with E-state index in [4.69, 9.17) is 14.5 Å². The summed E-state index contributed by atoms with van der Waals surface area (Å²) in [5.74, 6) is -1.80. The van der Waals surface area contributed by atoms with E-state index in [0.29, 0.717) is 28.0 Å². The molecule has 0 fully saturated rings. The number of fused-ring (bicyclic) bond motifs is 1. The largest absolute Gasteiger partial charge is 0.496 e. The number of carbonyl (C=O) groups excluding carboxylic acids is 2. The SMILES string of the molecule is COc1ccccc1-c1cc2onc(C(=O)Nc3ccc(C#N)cc3C(=O)O)c2cc1NC(C)=O. The number of carboxylic acids is 1. The maximum atomic E-state index is 13.0. The zero-order valence-corrected chi connectivity index (χ0v) is 18.6. The third-order valence-electron chi connectivity index (χ3n) is 5.16. The van der Waals surface area contributed by atoms with Crippen molar-refractivity contribution >= 4 is 40.1 Å². The van der Waals surface area contributed by atoms with Gasteiger partial charge in [0.2, 0.25) is 5.91 Å². The number of nitriles is 1. The molecule has 0 radical (unpaired) electrons. The molecule has 0 aliphatic carbocycles. The lowest BCUT2D eigenvalue weighted by Crippen LogP contribution is -2.15. The minimum absolute atomic E-state index is 0.00891. The number of aromatic nitrogens is 1. The molecule has 0 unspecified atom stereocenters. The monoisotopic (exact) mass is 470 g/mol. The van der Waals surface area contributed by atoms with Crippen molar-refractivity contribution < 1.29 is 28.8 Å². The maximum absolute atomic E-state index is 13.0. The van der Waals surface area contributed by atoms with E-state index in [-0.39, 0.29) is 34.0 Å². The first-order chi connectivity index (χ1) is 16.8. The van der Waals surface area contributed by atoms with E-state index in [1.54, 1.807) is 18.2 Å². The predicted molar refractivity (Wildman–Crippen MR) is 126 cm³/mol. The topological polar surface area (TPSA) is 155 Å². The molecule has 2 amide bonds. The third-order valence-corrected chi connectivity index (χ3v) is 5.16. The van der Waals surface area contributed by atoms with E-state index in [1.807, 2.05) is 24.3 Å². The first kappa shape index (κ1) is 23.0. The van der Waals surface area contributed by atoms with Crippen LogP contribution in [0, 0.1) is 11.3 Å².